The Balaban J connectivity index is 1.64. The third-order valence-electron chi connectivity index (χ3n) is 4.18. The molecule has 1 aromatic heterocycles. The van der Waals surface area contributed by atoms with Crippen molar-refractivity contribution in [3.63, 3.8) is 0 Å². The van der Waals surface area contributed by atoms with Crippen LogP contribution in [0.1, 0.15) is 12.5 Å². The Morgan fingerprint density at radius 1 is 1.10 bits per heavy atom. The average molecular weight is 410 g/mol. The highest BCUT2D eigenvalue weighted by molar-refractivity contribution is 5.98. The predicted molar refractivity (Wildman–Crippen MR) is 109 cm³/mol. The van der Waals surface area contributed by atoms with Gasteiger partial charge in [0.2, 0.25) is 5.91 Å². The van der Waals surface area contributed by atoms with Crippen molar-refractivity contribution in [3.05, 3.63) is 83.9 Å². The Bertz CT molecular complexity index is 1040. The Morgan fingerprint density at radius 3 is 2.47 bits per heavy atom. The first-order chi connectivity index (χ1) is 14.4. The van der Waals surface area contributed by atoms with Crippen molar-refractivity contribution in [1.29, 1.82) is 0 Å². The number of nitrogens with one attached hydrogen (secondary N) is 3. The number of hydrogen-bond donors (Lipinski definition) is 3. The molecule has 0 radical (unpaired) electrons. The number of aromatic amines is 1. The van der Waals surface area contributed by atoms with Crippen LogP contribution < -0.4 is 10.6 Å². The molecule has 0 spiro atoms. The van der Waals surface area contributed by atoms with E-state index in [4.69, 9.17) is 0 Å². The van der Waals surface area contributed by atoms with Crippen LogP contribution in [0, 0.1) is 11.6 Å². The fraction of sp³-hybridized carbons (Fsp3) is 0.136. The van der Waals surface area contributed by atoms with E-state index in [1.165, 1.54) is 6.08 Å². The molecule has 2 aromatic carbocycles. The van der Waals surface area contributed by atoms with Gasteiger partial charge in [0.25, 0.3) is 5.91 Å². The molecule has 154 valence electrons. The third kappa shape index (κ3) is 5.60. The van der Waals surface area contributed by atoms with Crippen LogP contribution in [0.2, 0.25) is 0 Å². The van der Waals surface area contributed by atoms with Crippen LogP contribution in [0.15, 0.2) is 66.7 Å². The van der Waals surface area contributed by atoms with Gasteiger partial charge in [0.15, 0.2) is 5.82 Å². The molecule has 8 heteroatoms. The lowest BCUT2D eigenvalue weighted by Gasteiger charge is -2.14. The number of hydrogen-bond acceptors (Lipinski definition) is 3. The van der Waals surface area contributed by atoms with Crippen molar-refractivity contribution >= 4 is 17.6 Å². The van der Waals surface area contributed by atoms with Crippen LogP contribution in [0.25, 0.3) is 11.3 Å². The molecule has 30 heavy (non-hydrogen) atoms. The fourth-order valence-electron chi connectivity index (χ4n) is 2.87. The summed E-state index contributed by atoms with van der Waals surface area (Å²) in [5, 5.41) is 12.1. The molecule has 6 nitrogen and oxygen atoms in total. The highest BCUT2D eigenvalue weighted by atomic mass is 19.1. The largest absolute Gasteiger partial charge is 0.341 e. The summed E-state index contributed by atoms with van der Waals surface area (Å²) in [6.45, 7) is 1.70. The van der Waals surface area contributed by atoms with Gasteiger partial charge in [-0.15, -0.1) is 0 Å². The lowest BCUT2D eigenvalue weighted by Crippen LogP contribution is -2.43. The molecule has 0 aliphatic carbocycles. The number of aromatic nitrogens is 2. The molecule has 3 aromatic rings. The Kier molecular flexibility index (Phi) is 6.69. The van der Waals surface area contributed by atoms with Gasteiger partial charge in [-0.3, -0.25) is 14.7 Å². The molecule has 1 heterocycles. The Labute approximate surface area is 172 Å². The molecule has 0 aliphatic heterocycles. The minimum atomic E-state index is -0.974. The first-order valence-electron chi connectivity index (χ1n) is 9.23. The first kappa shape index (κ1) is 20.9. The fourth-order valence-corrected chi connectivity index (χ4v) is 2.87. The van der Waals surface area contributed by atoms with Gasteiger partial charge in [-0.25, -0.2) is 8.78 Å². The molecule has 1 unspecified atom stereocenters. The van der Waals surface area contributed by atoms with E-state index in [1.807, 2.05) is 30.3 Å². The topological polar surface area (TPSA) is 86.9 Å². The number of anilines is 1. The second-order valence-corrected chi connectivity index (χ2v) is 6.55. The number of rotatable bonds is 7. The maximum absolute atomic E-state index is 13.3. The van der Waals surface area contributed by atoms with Gasteiger partial charge in [-0.1, -0.05) is 42.5 Å². The standard InChI is InChI=1S/C22H20F2N4O2/c1-2-6-18(25-21(29)11-14-9-16(23)12-17(24)10-14)22(30)26-20-13-19(27-28-20)15-7-4-3-5-8-15/h2-10,12-13,18H,11H2,1H3,(H,25,29)(H2,26,27,28,30)/b6-2+. The van der Waals surface area contributed by atoms with Crippen molar-refractivity contribution in [1.82, 2.24) is 15.5 Å². The molecule has 0 aliphatic rings. The minimum Gasteiger partial charge on any atom is -0.341 e. The molecule has 0 saturated heterocycles. The number of allylic oxidation sites excluding steroid dienone is 1. The van der Waals surface area contributed by atoms with Gasteiger partial charge in [0.1, 0.15) is 17.7 Å². The van der Waals surface area contributed by atoms with E-state index in [0.717, 1.165) is 29.5 Å². The van der Waals surface area contributed by atoms with Gasteiger partial charge in [0.05, 0.1) is 12.1 Å². The zero-order valence-electron chi connectivity index (χ0n) is 16.2. The van der Waals surface area contributed by atoms with Gasteiger partial charge < -0.3 is 10.6 Å². The van der Waals surface area contributed by atoms with Crippen LogP contribution in [0.4, 0.5) is 14.6 Å². The molecule has 2 amide bonds. The molecule has 0 fully saturated rings. The second kappa shape index (κ2) is 9.60. The number of halogens is 2. The summed E-state index contributed by atoms with van der Waals surface area (Å²) in [5.74, 6) is -2.29. The van der Waals surface area contributed by atoms with Crippen molar-refractivity contribution in [2.75, 3.05) is 5.32 Å². The zero-order valence-corrected chi connectivity index (χ0v) is 16.2. The monoisotopic (exact) mass is 410 g/mol. The average Bonchev–Trinajstić information content (AvgIpc) is 3.16. The summed E-state index contributed by atoms with van der Waals surface area (Å²) < 4.78 is 26.6. The van der Waals surface area contributed by atoms with E-state index in [-0.39, 0.29) is 12.0 Å². The van der Waals surface area contributed by atoms with Gasteiger partial charge in [0, 0.05) is 12.1 Å². The van der Waals surface area contributed by atoms with E-state index in [0.29, 0.717) is 5.82 Å². The molecule has 3 N–H and O–H groups in total. The maximum atomic E-state index is 13.3. The highest BCUT2D eigenvalue weighted by Gasteiger charge is 2.19. The van der Waals surface area contributed by atoms with Crippen molar-refractivity contribution in [3.8, 4) is 11.3 Å². The summed E-state index contributed by atoms with van der Waals surface area (Å²) in [6, 6.07) is 13.0. The van der Waals surface area contributed by atoms with E-state index in [1.54, 1.807) is 19.1 Å². The summed E-state index contributed by atoms with van der Waals surface area (Å²) in [5.41, 5.74) is 1.81. The first-order valence-corrected chi connectivity index (χ1v) is 9.23. The van der Waals surface area contributed by atoms with Gasteiger partial charge in [-0.2, -0.15) is 5.10 Å². The zero-order chi connectivity index (χ0) is 21.5. The van der Waals surface area contributed by atoms with E-state index < -0.39 is 29.5 Å². The van der Waals surface area contributed by atoms with E-state index in [9.17, 15) is 18.4 Å². The quantitative estimate of drug-likeness (QED) is 0.520. The summed E-state index contributed by atoms with van der Waals surface area (Å²) in [6.07, 6.45) is 2.85. The Hall–Kier alpha value is -3.81. The molecule has 0 saturated carbocycles. The number of amides is 2. The molecular weight excluding hydrogens is 390 g/mol. The van der Waals surface area contributed by atoms with Crippen LogP contribution in [-0.2, 0) is 16.0 Å². The van der Waals surface area contributed by atoms with Crippen molar-refractivity contribution in [2.45, 2.75) is 19.4 Å². The van der Waals surface area contributed by atoms with E-state index in [2.05, 4.69) is 20.8 Å². The normalized spacial score (nSPS) is 12.0. The predicted octanol–water partition coefficient (Wildman–Crippen LogP) is 3.60. The minimum absolute atomic E-state index is 0.171. The Morgan fingerprint density at radius 2 is 1.80 bits per heavy atom. The molecule has 0 bridgehead atoms. The van der Waals surface area contributed by atoms with Crippen LogP contribution in [0.5, 0.6) is 0 Å². The SMILES string of the molecule is C/C=C/C(NC(=O)Cc1cc(F)cc(F)c1)C(=O)Nc1cc(-c2ccccc2)[nH]n1. The van der Waals surface area contributed by atoms with Gasteiger partial charge >= 0.3 is 0 Å². The van der Waals surface area contributed by atoms with Crippen LogP contribution >= 0.6 is 0 Å². The van der Waals surface area contributed by atoms with E-state index >= 15 is 0 Å². The third-order valence-corrected chi connectivity index (χ3v) is 4.18. The smallest absolute Gasteiger partial charge is 0.252 e. The summed E-state index contributed by atoms with van der Waals surface area (Å²) in [4.78, 5) is 24.9. The van der Waals surface area contributed by atoms with Crippen molar-refractivity contribution < 1.29 is 18.4 Å². The number of nitrogens with zero attached hydrogens (tertiary/aromatic N) is 1. The van der Waals surface area contributed by atoms with Crippen LogP contribution in [-0.4, -0.2) is 28.1 Å². The van der Waals surface area contributed by atoms with Gasteiger partial charge in [-0.05, 0) is 30.2 Å². The number of carbonyl (C=O) groups excluding carboxylic acids is 2. The highest BCUT2D eigenvalue weighted by Crippen LogP contribution is 2.19. The lowest BCUT2D eigenvalue weighted by molar-refractivity contribution is -0.125. The lowest BCUT2D eigenvalue weighted by atomic mass is 10.1. The van der Waals surface area contributed by atoms with Crippen molar-refractivity contribution in [2.24, 2.45) is 0 Å². The maximum Gasteiger partial charge on any atom is 0.252 e. The molecule has 3 rings (SSSR count). The summed E-state index contributed by atoms with van der Waals surface area (Å²) >= 11 is 0. The number of benzene rings is 2. The molecular formula is C22H20F2N4O2. The van der Waals surface area contributed by atoms with Crippen LogP contribution in [0.3, 0.4) is 0 Å². The second-order valence-electron chi connectivity index (χ2n) is 6.55. The molecule has 1 atom stereocenters. The number of H-pyrrole nitrogens is 1. The number of carbonyl (C=O) groups is 2. The summed E-state index contributed by atoms with van der Waals surface area (Å²) in [7, 11) is 0.